The largest absolute Gasteiger partial charge is 0.0620 e. The first-order valence-corrected chi connectivity index (χ1v) is 28.8. The van der Waals surface area contributed by atoms with Crippen LogP contribution in [0.5, 0.6) is 0 Å². The maximum absolute atomic E-state index is 2.22. The van der Waals surface area contributed by atoms with Gasteiger partial charge in [0.15, 0.2) is 0 Å². The number of benzene rings is 12. The van der Waals surface area contributed by atoms with E-state index in [-0.39, 0.29) is 0 Å². The van der Waals surface area contributed by atoms with Crippen molar-refractivity contribution in [2.24, 2.45) is 0 Å². The highest BCUT2D eigenvalue weighted by Gasteiger charge is 2.01. The molecule has 0 spiro atoms. The Morgan fingerprint density at radius 2 is 0.439 bits per heavy atom. The lowest BCUT2D eigenvalue weighted by Crippen LogP contribution is -1.82. The van der Waals surface area contributed by atoms with Gasteiger partial charge in [-0.2, -0.15) is 0 Å². The summed E-state index contributed by atoms with van der Waals surface area (Å²) in [5.41, 5.74) is 26.4. The number of rotatable bonds is 3. The fraction of sp³-hybridized carbons (Fsp3) is 0.171. The molecular weight excluding hydrogens is 985 g/mol. The number of hydrogen-bond acceptors (Lipinski definition) is 0. The third-order valence-electron chi connectivity index (χ3n) is 14.2. The second-order valence-corrected chi connectivity index (χ2v) is 22.1. The molecule has 0 nitrogen and oxygen atoms in total. The Bertz CT molecular complexity index is 3670. The third-order valence-corrected chi connectivity index (χ3v) is 14.2. The first kappa shape index (κ1) is 62.4. The van der Waals surface area contributed by atoms with E-state index < -0.39 is 0 Å². The maximum atomic E-state index is 2.22. The summed E-state index contributed by atoms with van der Waals surface area (Å²) >= 11 is 0. The van der Waals surface area contributed by atoms with E-state index in [1.807, 2.05) is 0 Å². The summed E-state index contributed by atoms with van der Waals surface area (Å²) in [5.74, 6) is 0. The molecular formula is C82H86. The quantitative estimate of drug-likeness (QED) is 0.165. The number of aryl methyl sites for hydroxylation is 14. The van der Waals surface area contributed by atoms with Gasteiger partial charge in [-0.1, -0.05) is 328 Å². The highest BCUT2D eigenvalue weighted by atomic mass is 14.1. The predicted molar refractivity (Wildman–Crippen MR) is 363 cm³/mol. The van der Waals surface area contributed by atoms with E-state index in [0.29, 0.717) is 0 Å². The maximum Gasteiger partial charge on any atom is -0.0152 e. The third kappa shape index (κ3) is 20.7. The van der Waals surface area contributed by atoms with E-state index in [2.05, 4.69) is 364 Å². The van der Waals surface area contributed by atoms with Crippen LogP contribution in [0, 0.1) is 96.9 Å². The second-order valence-electron chi connectivity index (χ2n) is 22.1. The van der Waals surface area contributed by atoms with Crippen LogP contribution < -0.4 is 0 Å². The van der Waals surface area contributed by atoms with E-state index in [1.54, 1.807) is 0 Å². The fourth-order valence-electron chi connectivity index (χ4n) is 9.25. The fourth-order valence-corrected chi connectivity index (χ4v) is 9.25. The van der Waals surface area contributed by atoms with Crippen LogP contribution in [-0.4, -0.2) is 0 Å². The zero-order valence-corrected chi connectivity index (χ0v) is 51.4. The van der Waals surface area contributed by atoms with Crippen molar-refractivity contribution in [1.82, 2.24) is 0 Å². The Morgan fingerprint density at radius 1 is 0.159 bits per heavy atom. The van der Waals surface area contributed by atoms with Gasteiger partial charge in [-0.15, -0.1) is 0 Å². The molecule has 414 valence electrons. The van der Waals surface area contributed by atoms with Gasteiger partial charge in [0.25, 0.3) is 0 Å². The molecule has 0 amide bonds. The van der Waals surface area contributed by atoms with Crippen LogP contribution in [0.15, 0.2) is 267 Å². The summed E-state index contributed by atoms with van der Waals surface area (Å²) in [7, 11) is 0. The SMILES string of the molecule is Cc1ccc(-c2ccc(C)cc2)cc1.Cc1ccc(-c2cccc(C)c2)cc1.Cc1ccc(-c2ccccc2C)cc1.Cc1ccc(C)cc1.Cc1ccc2cc(C)ccc2c1.Cc1cccc(C)c1.Cc1cccc2c(C)cccc12. The number of fused-ring (bicyclic) bond motifs is 2. The molecule has 12 rings (SSSR count). The lowest BCUT2D eigenvalue weighted by molar-refractivity contribution is 1.39. The summed E-state index contributed by atoms with van der Waals surface area (Å²) in [6.45, 7) is 29.7. The van der Waals surface area contributed by atoms with Gasteiger partial charge in [-0.05, 0) is 169 Å². The van der Waals surface area contributed by atoms with E-state index >= 15 is 0 Å². The van der Waals surface area contributed by atoms with E-state index in [1.165, 1.54) is 133 Å². The lowest BCUT2D eigenvalue weighted by atomic mass is 10.00. The molecule has 0 atom stereocenters. The van der Waals surface area contributed by atoms with Crippen molar-refractivity contribution in [2.45, 2.75) is 96.9 Å². The van der Waals surface area contributed by atoms with Crippen LogP contribution in [0.2, 0.25) is 0 Å². The second kappa shape index (κ2) is 31.8. The summed E-state index contributed by atoms with van der Waals surface area (Å²) in [6, 6.07) is 94.6. The molecule has 0 fully saturated rings. The van der Waals surface area contributed by atoms with Gasteiger partial charge >= 0.3 is 0 Å². The first-order chi connectivity index (χ1) is 39.4. The van der Waals surface area contributed by atoms with Crippen molar-refractivity contribution in [3.8, 4) is 33.4 Å². The molecule has 12 aromatic carbocycles. The minimum Gasteiger partial charge on any atom is -0.0620 e. The van der Waals surface area contributed by atoms with Gasteiger partial charge in [0, 0.05) is 0 Å². The van der Waals surface area contributed by atoms with Gasteiger partial charge in [0.1, 0.15) is 0 Å². The first-order valence-electron chi connectivity index (χ1n) is 28.8. The topological polar surface area (TPSA) is 0 Å². The molecule has 0 aliphatic rings. The Balaban J connectivity index is 0.000000155. The Hall–Kier alpha value is -8.84. The molecule has 12 aromatic rings. The minimum absolute atomic E-state index is 1.29. The van der Waals surface area contributed by atoms with Crippen molar-refractivity contribution >= 4 is 21.5 Å². The van der Waals surface area contributed by atoms with Crippen LogP contribution in [0.1, 0.15) is 77.9 Å². The zero-order chi connectivity index (χ0) is 59.0. The standard InChI is InChI=1S/3C14H14.2C12H12.2C8H10/c1-11-3-7-13(8-4-11)14-9-5-12(2)6-10-14;1-11-6-8-13(9-7-11)14-5-3-4-12(2)10-14;1-11-7-9-13(10-8-11)14-6-4-3-5-12(14)2;1-9-3-5-12-8-10(2)4-6-11(12)7-9;1-9-5-3-8-12-10(2)6-4-7-11(9)12;1-7-3-5-8(2)6-4-7;1-7-4-3-5-8(2)6-7/h3*3-10H,1-2H3;2*3-8H,1-2H3;2*3-6H,1-2H3. The minimum atomic E-state index is 1.29. The van der Waals surface area contributed by atoms with Crippen molar-refractivity contribution in [3.63, 3.8) is 0 Å². The van der Waals surface area contributed by atoms with Crippen molar-refractivity contribution in [1.29, 1.82) is 0 Å². The monoisotopic (exact) mass is 1070 g/mol. The summed E-state index contributed by atoms with van der Waals surface area (Å²) in [5, 5.41) is 5.41. The van der Waals surface area contributed by atoms with E-state index in [4.69, 9.17) is 0 Å². The molecule has 82 heavy (non-hydrogen) atoms. The average Bonchev–Trinajstić information content (AvgIpc) is 3.50. The van der Waals surface area contributed by atoms with Crippen molar-refractivity contribution in [2.75, 3.05) is 0 Å². The van der Waals surface area contributed by atoms with Gasteiger partial charge in [-0.3, -0.25) is 0 Å². The summed E-state index contributed by atoms with van der Waals surface area (Å²) < 4.78 is 0. The van der Waals surface area contributed by atoms with Gasteiger partial charge in [-0.25, -0.2) is 0 Å². The molecule has 0 aliphatic carbocycles. The molecule has 0 saturated heterocycles. The molecule has 0 unspecified atom stereocenters. The molecule has 0 aromatic heterocycles. The zero-order valence-electron chi connectivity index (χ0n) is 51.4. The van der Waals surface area contributed by atoms with Gasteiger partial charge in [0.05, 0.1) is 0 Å². The van der Waals surface area contributed by atoms with E-state index in [0.717, 1.165) is 0 Å². The Kier molecular flexibility index (Phi) is 24.2. The predicted octanol–water partition coefficient (Wildman–Crippen LogP) is 23.4. The summed E-state index contributed by atoms with van der Waals surface area (Å²) in [6.07, 6.45) is 0. The Morgan fingerprint density at radius 3 is 0.793 bits per heavy atom. The molecule has 0 heterocycles. The molecule has 0 aliphatic heterocycles. The molecule has 0 saturated carbocycles. The molecule has 0 radical (unpaired) electrons. The van der Waals surface area contributed by atoms with Crippen LogP contribution in [-0.2, 0) is 0 Å². The molecule has 0 N–H and O–H groups in total. The van der Waals surface area contributed by atoms with Crippen molar-refractivity contribution in [3.05, 3.63) is 345 Å². The Labute approximate surface area is 493 Å². The van der Waals surface area contributed by atoms with Crippen molar-refractivity contribution < 1.29 is 0 Å². The van der Waals surface area contributed by atoms with Crippen LogP contribution in [0.3, 0.4) is 0 Å². The van der Waals surface area contributed by atoms with Crippen LogP contribution in [0.25, 0.3) is 54.9 Å². The van der Waals surface area contributed by atoms with Gasteiger partial charge < -0.3 is 0 Å². The number of hydrogen-bond donors (Lipinski definition) is 0. The smallest absolute Gasteiger partial charge is 0.0152 e. The highest BCUT2D eigenvalue weighted by molar-refractivity contribution is 5.88. The lowest BCUT2D eigenvalue weighted by Gasteiger charge is -2.05. The van der Waals surface area contributed by atoms with Crippen LogP contribution >= 0.6 is 0 Å². The average molecular weight is 1070 g/mol. The molecule has 0 heteroatoms. The highest BCUT2D eigenvalue weighted by Crippen LogP contribution is 2.25. The molecule has 0 bridgehead atoms. The van der Waals surface area contributed by atoms with Gasteiger partial charge in [0.2, 0.25) is 0 Å². The van der Waals surface area contributed by atoms with Crippen LogP contribution in [0.4, 0.5) is 0 Å². The normalized spacial score (nSPS) is 10.1. The van der Waals surface area contributed by atoms with E-state index in [9.17, 15) is 0 Å². The summed E-state index contributed by atoms with van der Waals surface area (Å²) in [4.78, 5) is 0.